The van der Waals surface area contributed by atoms with Gasteiger partial charge in [-0.3, -0.25) is 10.00 Å². The maximum atomic E-state index is 13.6. The zero-order chi connectivity index (χ0) is 15.8. The van der Waals surface area contributed by atoms with E-state index in [9.17, 15) is 4.39 Å². The Kier molecular flexibility index (Phi) is 3.63. The summed E-state index contributed by atoms with van der Waals surface area (Å²) in [6.07, 6.45) is 3.85. The number of halogens is 1. The van der Waals surface area contributed by atoms with E-state index in [2.05, 4.69) is 25.9 Å². The molecule has 0 radical (unpaired) electrons. The van der Waals surface area contributed by atoms with Crippen molar-refractivity contribution in [2.45, 2.75) is 12.6 Å². The fourth-order valence-corrected chi connectivity index (χ4v) is 3.36. The predicted octanol–water partition coefficient (Wildman–Crippen LogP) is 2.61. The minimum Gasteiger partial charge on any atom is -0.378 e. The molecule has 1 atom stereocenters. The first-order valence-electron chi connectivity index (χ1n) is 7.77. The van der Waals surface area contributed by atoms with Crippen molar-refractivity contribution < 1.29 is 9.13 Å². The van der Waals surface area contributed by atoms with Crippen molar-refractivity contribution in [3.8, 4) is 0 Å². The fourth-order valence-electron chi connectivity index (χ4n) is 3.36. The first-order valence-corrected chi connectivity index (χ1v) is 7.77. The third kappa shape index (κ3) is 2.64. The van der Waals surface area contributed by atoms with Gasteiger partial charge in [-0.2, -0.15) is 5.10 Å². The third-order valence-corrected chi connectivity index (χ3v) is 4.53. The molecule has 0 bridgehead atoms. The highest BCUT2D eigenvalue weighted by Crippen LogP contribution is 2.28. The van der Waals surface area contributed by atoms with Crippen LogP contribution in [0.4, 0.5) is 4.39 Å². The van der Waals surface area contributed by atoms with Crippen LogP contribution in [0, 0.1) is 5.82 Å². The number of nitrogens with one attached hydrogen (secondary N) is 1. The lowest BCUT2D eigenvalue weighted by Crippen LogP contribution is -2.39. The minimum atomic E-state index is -0.197. The molecule has 1 aromatic carbocycles. The Morgan fingerprint density at radius 1 is 1.39 bits per heavy atom. The van der Waals surface area contributed by atoms with Gasteiger partial charge in [0.15, 0.2) is 0 Å². The monoisotopic (exact) mass is 314 g/mol. The van der Waals surface area contributed by atoms with Gasteiger partial charge in [0.2, 0.25) is 0 Å². The maximum absolute atomic E-state index is 13.6. The maximum Gasteiger partial charge on any atom is 0.123 e. The normalized spacial score (nSPS) is 19.5. The largest absolute Gasteiger partial charge is 0.378 e. The molecule has 2 aromatic heterocycles. The summed E-state index contributed by atoms with van der Waals surface area (Å²) in [4.78, 5) is 2.36. The molecule has 1 fully saturated rings. The number of benzene rings is 1. The van der Waals surface area contributed by atoms with Gasteiger partial charge in [-0.15, -0.1) is 0 Å². The zero-order valence-corrected chi connectivity index (χ0v) is 13.0. The number of morpholine rings is 1. The number of hydrogen-bond acceptors (Lipinski definition) is 3. The number of aryl methyl sites for hydroxylation is 1. The third-order valence-electron chi connectivity index (χ3n) is 4.53. The van der Waals surface area contributed by atoms with E-state index in [1.165, 1.54) is 6.07 Å². The number of aromatic amines is 1. The van der Waals surface area contributed by atoms with E-state index < -0.39 is 0 Å². The van der Waals surface area contributed by atoms with Crippen LogP contribution in [0.15, 0.2) is 36.7 Å². The Morgan fingerprint density at radius 2 is 2.30 bits per heavy atom. The summed E-state index contributed by atoms with van der Waals surface area (Å²) in [7, 11) is 2.00. The van der Waals surface area contributed by atoms with E-state index in [4.69, 9.17) is 4.74 Å². The number of rotatable bonds is 3. The first-order chi connectivity index (χ1) is 11.2. The van der Waals surface area contributed by atoms with Crippen LogP contribution < -0.4 is 0 Å². The summed E-state index contributed by atoms with van der Waals surface area (Å²) in [6.45, 7) is 2.95. The summed E-state index contributed by atoms with van der Waals surface area (Å²) in [6, 6.07) is 7.09. The lowest BCUT2D eigenvalue weighted by molar-refractivity contribution is -0.0141. The number of aromatic nitrogens is 3. The number of hydrogen-bond donors (Lipinski definition) is 1. The molecular formula is C17H19FN4O. The molecule has 0 aliphatic carbocycles. The molecule has 5 nitrogen and oxygen atoms in total. The molecule has 0 amide bonds. The smallest absolute Gasteiger partial charge is 0.123 e. The van der Waals surface area contributed by atoms with Gasteiger partial charge in [0.05, 0.1) is 24.9 Å². The highest BCUT2D eigenvalue weighted by molar-refractivity contribution is 5.84. The molecular weight excluding hydrogens is 295 g/mol. The molecule has 4 rings (SSSR count). The SMILES string of the molecule is Cn1cc(CN2CCOC[C@@H]2c2ccn[nH]2)c2cc(F)ccc21. The average molecular weight is 314 g/mol. The quantitative estimate of drug-likeness (QED) is 0.808. The average Bonchev–Trinajstić information content (AvgIpc) is 3.17. The van der Waals surface area contributed by atoms with Crippen molar-refractivity contribution in [1.29, 1.82) is 0 Å². The van der Waals surface area contributed by atoms with Gasteiger partial charge in [-0.05, 0) is 29.8 Å². The fraction of sp³-hybridized carbons (Fsp3) is 0.353. The summed E-state index contributed by atoms with van der Waals surface area (Å²) in [5.41, 5.74) is 3.23. The van der Waals surface area contributed by atoms with Crippen LogP contribution in [0.1, 0.15) is 17.3 Å². The number of fused-ring (bicyclic) bond motifs is 1. The Morgan fingerprint density at radius 3 is 3.13 bits per heavy atom. The van der Waals surface area contributed by atoms with Gasteiger partial charge in [-0.1, -0.05) is 0 Å². The van der Waals surface area contributed by atoms with Crippen molar-refractivity contribution in [1.82, 2.24) is 19.7 Å². The molecule has 1 aliphatic heterocycles. The van der Waals surface area contributed by atoms with Crippen molar-refractivity contribution >= 4 is 10.9 Å². The number of H-pyrrole nitrogens is 1. The summed E-state index contributed by atoms with van der Waals surface area (Å²) >= 11 is 0. The second-order valence-electron chi connectivity index (χ2n) is 6.00. The predicted molar refractivity (Wildman–Crippen MR) is 85.4 cm³/mol. The summed E-state index contributed by atoms with van der Waals surface area (Å²) in [5, 5.41) is 8.06. The Hall–Kier alpha value is -2.18. The molecule has 1 N–H and O–H groups in total. The van der Waals surface area contributed by atoms with E-state index in [0.717, 1.165) is 35.2 Å². The van der Waals surface area contributed by atoms with E-state index in [-0.39, 0.29) is 11.9 Å². The molecule has 120 valence electrons. The van der Waals surface area contributed by atoms with Crippen LogP contribution >= 0.6 is 0 Å². The van der Waals surface area contributed by atoms with Crippen LogP contribution in [-0.4, -0.2) is 39.4 Å². The van der Waals surface area contributed by atoms with E-state index in [1.807, 2.05) is 19.2 Å². The summed E-state index contributed by atoms with van der Waals surface area (Å²) in [5.74, 6) is -0.197. The molecule has 3 aromatic rings. The molecule has 0 spiro atoms. The van der Waals surface area contributed by atoms with Crippen molar-refractivity contribution in [3.05, 3.63) is 53.7 Å². The van der Waals surface area contributed by atoms with Crippen molar-refractivity contribution in [2.24, 2.45) is 7.05 Å². The molecule has 1 saturated heterocycles. The van der Waals surface area contributed by atoms with Crippen LogP contribution in [0.3, 0.4) is 0 Å². The van der Waals surface area contributed by atoms with Gasteiger partial charge >= 0.3 is 0 Å². The Balaban J connectivity index is 1.67. The van der Waals surface area contributed by atoms with Crippen LogP contribution in [-0.2, 0) is 18.3 Å². The van der Waals surface area contributed by atoms with Crippen molar-refractivity contribution in [3.63, 3.8) is 0 Å². The molecule has 23 heavy (non-hydrogen) atoms. The first kappa shape index (κ1) is 14.4. The second-order valence-corrected chi connectivity index (χ2v) is 6.00. The molecule has 0 unspecified atom stereocenters. The van der Waals surface area contributed by atoms with Crippen LogP contribution in [0.25, 0.3) is 10.9 Å². The molecule has 3 heterocycles. The molecule has 0 saturated carbocycles. The van der Waals surface area contributed by atoms with E-state index in [0.29, 0.717) is 13.2 Å². The highest BCUT2D eigenvalue weighted by Gasteiger charge is 2.26. The van der Waals surface area contributed by atoms with Gasteiger partial charge in [0, 0.05) is 43.4 Å². The summed E-state index contributed by atoms with van der Waals surface area (Å²) < 4.78 is 21.3. The Bertz CT molecular complexity index is 811. The van der Waals surface area contributed by atoms with Crippen molar-refractivity contribution in [2.75, 3.05) is 19.8 Å². The molecule has 1 aliphatic rings. The number of nitrogens with zero attached hydrogens (tertiary/aromatic N) is 3. The van der Waals surface area contributed by atoms with Crippen LogP contribution in [0.2, 0.25) is 0 Å². The number of ether oxygens (including phenoxy) is 1. The van der Waals surface area contributed by atoms with E-state index in [1.54, 1.807) is 12.3 Å². The zero-order valence-electron chi connectivity index (χ0n) is 13.0. The standard InChI is InChI=1S/C17H19FN4O/c1-21-9-12(14-8-13(18)2-3-16(14)21)10-22-6-7-23-11-17(22)15-4-5-19-20-15/h2-5,8-9,17H,6-7,10-11H2,1H3,(H,19,20)/t17-/m1/s1. The lowest BCUT2D eigenvalue weighted by atomic mass is 10.1. The Labute approximate surface area is 133 Å². The topological polar surface area (TPSA) is 46.1 Å². The second kappa shape index (κ2) is 5.79. The lowest BCUT2D eigenvalue weighted by Gasteiger charge is -2.34. The highest BCUT2D eigenvalue weighted by atomic mass is 19.1. The van der Waals surface area contributed by atoms with E-state index >= 15 is 0 Å². The van der Waals surface area contributed by atoms with Gasteiger partial charge < -0.3 is 9.30 Å². The van der Waals surface area contributed by atoms with Gasteiger partial charge in [-0.25, -0.2) is 4.39 Å². The van der Waals surface area contributed by atoms with Gasteiger partial charge in [0.25, 0.3) is 0 Å². The van der Waals surface area contributed by atoms with Crippen LogP contribution in [0.5, 0.6) is 0 Å². The minimum absolute atomic E-state index is 0.148. The van der Waals surface area contributed by atoms with Gasteiger partial charge in [0.1, 0.15) is 5.82 Å². The molecule has 6 heteroatoms.